The molecule has 0 bridgehead atoms. The normalized spacial score (nSPS) is 11.2. The van der Waals surface area contributed by atoms with Crippen LogP contribution in [0.4, 0.5) is 5.82 Å². The van der Waals surface area contributed by atoms with Gasteiger partial charge in [0.05, 0.1) is 6.33 Å². The molecule has 0 saturated carbocycles. The van der Waals surface area contributed by atoms with Crippen molar-refractivity contribution >= 4 is 29.3 Å². The van der Waals surface area contributed by atoms with Crippen LogP contribution in [-0.2, 0) is 4.79 Å². The van der Waals surface area contributed by atoms with Gasteiger partial charge in [-0.1, -0.05) is 6.08 Å². The van der Waals surface area contributed by atoms with Gasteiger partial charge >= 0.3 is 0 Å². The summed E-state index contributed by atoms with van der Waals surface area (Å²) in [4.78, 5) is 25.3. The van der Waals surface area contributed by atoms with Crippen molar-refractivity contribution in [2.75, 3.05) is 5.73 Å². The number of rotatable bonds is 4. The van der Waals surface area contributed by atoms with Gasteiger partial charge in [0, 0.05) is 6.42 Å². The lowest BCUT2D eigenvalue weighted by Gasteiger charge is -1.96. The number of hydrogen-bond acceptors (Lipinski definition) is 5. The molecule has 2 heterocycles. The summed E-state index contributed by atoms with van der Waals surface area (Å²) in [6.45, 7) is 0. The number of nitrogens with two attached hydrogens (primary N) is 1. The fourth-order valence-electron chi connectivity index (χ4n) is 1.30. The first-order chi connectivity index (χ1) is 7.81. The molecule has 2 aromatic rings. The van der Waals surface area contributed by atoms with E-state index in [2.05, 4.69) is 19.9 Å². The summed E-state index contributed by atoms with van der Waals surface area (Å²) in [5.41, 5.74) is 6.91. The molecule has 6 heteroatoms. The summed E-state index contributed by atoms with van der Waals surface area (Å²) in [6.07, 6.45) is 7.13. The predicted octanol–water partition coefficient (Wildman–Crippen LogP) is 0.927. The zero-order valence-electron chi connectivity index (χ0n) is 8.55. The summed E-state index contributed by atoms with van der Waals surface area (Å²) in [7, 11) is 0. The van der Waals surface area contributed by atoms with Crippen LogP contribution in [0.2, 0.25) is 0 Å². The molecule has 6 nitrogen and oxygen atoms in total. The molecule has 0 radical (unpaired) electrons. The monoisotopic (exact) mass is 217 g/mol. The van der Waals surface area contributed by atoms with Gasteiger partial charge < -0.3 is 15.5 Å². The van der Waals surface area contributed by atoms with Crippen LogP contribution in [0.3, 0.4) is 0 Å². The molecule has 0 atom stereocenters. The topological polar surface area (TPSA) is 97.6 Å². The molecule has 0 spiro atoms. The highest BCUT2D eigenvalue weighted by Crippen LogP contribution is 2.13. The third-order valence-corrected chi connectivity index (χ3v) is 2.05. The Kier molecular flexibility index (Phi) is 2.90. The molecule has 2 rings (SSSR count). The maximum Gasteiger partial charge on any atom is 0.183 e. The zero-order valence-corrected chi connectivity index (χ0v) is 8.55. The number of aldehydes is 1. The number of nitrogens with one attached hydrogen (secondary N) is 1. The molecule has 16 heavy (non-hydrogen) atoms. The molecule has 0 saturated heterocycles. The van der Waals surface area contributed by atoms with Crippen LogP contribution in [0.5, 0.6) is 0 Å². The Morgan fingerprint density at radius 2 is 2.25 bits per heavy atom. The highest BCUT2D eigenvalue weighted by Gasteiger charge is 2.04. The Balaban J connectivity index is 2.24. The lowest BCUT2D eigenvalue weighted by atomic mass is 10.3. The molecule has 0 amide bonds. The number of allylic oxidation sites excluding steroid dienone is 1. The van der Waals surface area contributed by atoms with E-state index in [1.807, 2.05) is 6.08 Å². The van der Waals surface area contributed by atoms with E-state index in [1.54, 1.807) is 6.08 Å². The lowest BCUT2D eigenvalue weighted by Crippen LogP contribution is -1.97. The van der Waals surface area contributed by atoms with Gasteiger partial charge in [-0.25, -0.2) is 15.0 Å². The van der Waals surface area contributed by atoms with Gasteiger partial charge in [-0.15, -0.1) is 0 Å². The third-order valence-electron chi connectivity index (χ3n) is 2.05. The maximum atomic E-state index is 10.1. The fourth-order valence-corrected chi connectivity index (χ4v) is 1.30. The SMILES string of the molecule is Nc1nc(C=CCCC=O)nc2nc[nH]c12. The standard InChI is InChI=1S/C10H11N5O/c11-9-8-10(13-6-12-8)15-7(14-9)4-2-1-3-5-16/h2,4-6H,1,3H2,(H3,11,12,13,14,15). The third kappa shape index (κ3) is 2.05. The van der Waals surface area contributed by atoms with Gasteiger partial charge in [0.15, 0.2) is 17.3 Å². The van der Waals surface area contributed by atoms with E-state index < -0.39 is 0 Å². The molecule has 0 unspecified atom stereocenters. The molecule has 82 valence electrons. The van der Waals surface area contributed by atoms with E-state index in [9.17, 15) is 4.79 Å². The number of carbonyl (C=O) groups excluding carboxylic acids is 1. The number of imidazole rings is 1. The van der Waals surface area contributed by atoms with Gasteiger partial charge in [0.25, 0.3) is 0 Å². The molecule has 0 fully saturated rings. The van der Waals surface area contributed by atoms with E-state index in [0.717, 1.165) is 6.29 Å². The number of hydrogen-bond donors (Lipinski definition) is 2. The van der Waals surface area contributed by atoms with Crippen LogP contribution in [-0.4, -0.2) is 26.2 Å². The van der Waals surface area contributed by atoms with Crippen LogP contribution in [0.15, 0.2) is 12.4 Å². The Hall–Kier alpha value is -2.24. The number of anilines is 1. The van der Waals surface area contributed by atoms with E-state index in [4.69, 9.17) is 5.73 Å². The average molecular weight is 217 g/mol. The number of nitrogen functional groups attached to an aromatic ring is 1. The van der Waals surface area contributed by atoms with Crippen LogP contribution < -0.4 is 5.73 Å². The minimum atomic E-state index is 0.373. The van der Waals surface area contributed by atoms with Crippen molar-refractivity contribution in [3.63, 3.8) is 0 Å². The molecular formula is C10H11N5O. The molecular weight excluding hydrogens is 206 g/mol. The van der Waals surface area contributed by atoms with Crippen molar-refractivity contribution in [3.8, 4) is 0 Å². The molecule has 0 aliphatic heterocycles. The van der Waals surface area contributed by atoms with E-state index in [1.165, 1.54) is 6.33 Å². The van der Waals surface area contributed by atoms with Gasteiger partial charge in [-0.2, -0.15) is 0 Å². The van der Waals surface area contributed by atoms with E-state index >= 15 is 0 Å². The highest BCUT2D eigenvalue weighted by atomic mass is 16.1. The number of unbranched alkanes of at least 4 members (excludes halogenated alkanes) is 1. The lowest BCUT2D eigenvalue weighted by molar-refractivity contribution is -0.107. The number of aromatic amines is 1. The fraction of sp³-hybridized carbons (Fsp3) is 0.200. The second-order valence-electron chi connectivity index (χ2n) is 3.21. The zero-order chi connectivity index (χ0) is 11.4. The summed E-state index contributed by atoms with van der Waals surface area (Å²) in [6, 6.07) is 0. The summed E-state index contributed by atoms with van der Waals surface area (Å²) < 4.78 is 0. The van der Waals surface area contributed by atoms with Crippen molar-refractivity contribution in [3.05, 3.63) is 18.2 Å². The Morgan fingerprint density at radius 3 is 3.06 bits per heavy atom. The molecule has 0 aliphatic rings. The number of aromatic nitrogens is 4. The quantitative estimate of drug-likeness (QED) is 0.586. The van der Waals surface area contributed by atoms with Crippen molar-refractivity contribution in [1.29, 1.82) is 0 Å². The van der Waals surface area contributed by atoms with Crippen LogP contribution in [0.1, 0.15) is 18.7 Å². The number of carbonyl (C=O) groups is 1. The van der Waals surface area contributed by atoms with Gasteiger partial charge in [-0.05, 0) is 12.5 Å². The second kappa shape index (κ2) is 4.52. The smallest absolute Gasteiger partial charge is 0.183 e. The van der Waals surface area contributed by atoms with Gasteiger partial charge in [-0.3, -0.25) is 0 Å². The van der Waals surface area contributed by atoms with Crippen molar-refractivity contribution in [2.24, 2.45) is 0 Å². The minimum Gasteiger partial charge on any atom is -0.382 e. The van der Waals surface area contributed by atoms with E-state index in [-0.39, 0.29) is 0 Å². The molecule has 3 N–H and O–H groups in total. The number of H-pyrrole nitrogens is 1. The minimum absolute atomic E-state index is 0.373. The van der Waals surface area contributed by atoms with Gasteiger partial charge in [0.1, 0.15) is 11.8 Å². The summed E-state index contributed by atoms with van der Waals surface area (Å²) in [5, 5.41) is 0. The predicted molar refractivity (Wildman–Crippen MR) is 60.4 cm³/mol. The molecule has 0 aromatic carbocycles. The van der Waals surface area contributed by atoms with Gasteiger partial charge in [0.2, 0.25) is 0 Å². The molecule has 0 aliphatic carbocycles. The van der Waals surface area contributed by atoms with Crippen LogP contribution in [0.25, 0.3) is 17.2 Å². The number of fused-ring (bicyclic) bond motifs is 1. The first kappa shape index (κ1) is 10.3. The highest BCUT2D eigenvalue weighted by molar-refractivity contribution is 5.81. The van der Waals surface area contributed by atoms with Crippen molar-refractivity contribution in [1.82, 2.24) is 19.9 Å². The van der Waals surface area contributed by atoms with Crippen LogP contribution >= 0.6 is 0 Å². The van der Waals surface area contributed by atoms with E-state index in [0.29, 0.717) is 35.6 Å². The summed E-state index contributed by atoms with van der Waals surface area (Å²) in [5.74, 6) is 0.875. The summed E-state index contributed by atoms with van der Waals surface area (Å²) >= 11 is 0. The Bertz CT molecular complexity index is 531. The Morgan fingerprint density at radius 1 is 1.38 bits per heavy atom. The first-order valence-electron chi connectivity index (χ1n) is 4.88. The van der Waals surface area contributed by atoms with Crippen LogP contribution in [0, 0.1) is 0 Å². The molecule has 2 aromatic heterocycles. The Labute approximate surface area is 91.6 Å². The average Bonchev–Trinajstić information content (AvgIpc) is 2.73. The first-order valence-corrected chi connectivity index (χ1v) is 4.88. The van der Waals surface area contributed by atoms with Crippen molar-refractivity contribution < 1.29 is 4.79 Å². The second-order valence-corrected chi connectivity index (χ2v) is 3.21. The number of nitrogens with zero attached hydrogens (tertiary/aromatic N) is 3. The maximum absolute atomic E-state index is 10.1. The van der Waals surface area contributed by atoms with Crippen molar-refractivity contribution in [2.45, 2.75) is 12.8 Å². The largest absolute Gasteiger partial charge is 0.382 e.